The number of hydrogen-bond acceptors (Lipinski definition) is 5. The molecule has 1 N–H and O–H groups in total. The third kappa shape index (κ3) is 4.67. The fourth-order valence-electron chi connectivity index (χ4n) is 0.526. The van der Waals surface area contributed by atoms with Crippen molar-refractivity contribution in [2.45, 2.75) is 6.92 Å². The van der Waals surface area contributed by atoms with Gasteiger partial charge in [0.05, 0.1) is 6.08 Å². The maximum Gasteiger partial charge on any atom is 0.529 e. The molecule has 0 aliphatic heterocycles. The van der Waals surface area contributed by atoms with E-state index in [-0.39, 0.29) is 5.76 Å². The lowest BCUT2D eigenvalue weighted by molar-refractivity contribution is -0.131. The molecule has 0 unspecified atom stereocenters. The first-order valence-corrected chi connectivity index (χ1v) is 4.72. The van der Waals surface area contributed by atoms with Crippen LogP contribution in [0.4, 0.5) is 0 Å². The number of carboxylic acids is 1. The van der Waals surface area contributed by atoms with Gasteiger partial charge in [-0.25, -0.2) is 9.36 Å². The summed E-state index contributed by atoms with van der Waals surface area (Å²) in [6.45, 7) is 1.33. The molecule has 13 heavy (non-hydrogen) atoms. The van der Waals surface area contributed by atoms with E-state index in [1.165, 1.54) is 6.92 Å². The Morgan fingerprint density at radius 1 is 1.38 bits per heavy atom. The third-order valence-electron chi connectivity index (χ3n) is 1.03. The minimum Gasteiger partial charge on any atom is -0.478 e. The zero-order valence-corrected chi connectivity index (χ0v) is 8.41. The quantitative estimate of drug-likeness (QED) is 0.419. The minimum atomic E-state index is -3.63. The van der Waals surface area contributed by atoms with Crippen molar-refractivity contribution in [2.24, 2.45) is 0 Å². The summed E-state index contributed by atoms with van der Waals surface area (Å²) >= 11 is 0. The topological polar surface area (TPSA) is 82.1 Å². The van der Waals surface area contributed by atoms with Crippen LogP contribution in [0.3, 0.4) is 0 Å². The summed E-state index contributed by atoms with van der Waals surface area (Å²) in [6.07, 6.45) is 0.755. The van der Waals surface area contributed by atoms with Gasteiger partial charge in [-0.1, -0.05) is 0 Å². The summed E-state index contributed by atoms with van der Waals surface area (Å²) in [5, 5.41) is 8.30. The Morgan fingerprint density at radius 2 is 1.85 bits per heavy atom. The molecule has 0 bridgehead atoms. The monoisotopic (exact) mass is 210 g/mol. The number of rotatable bonds is 5. The highest BCUT2D eigenvalue weighted by atomic mass is 31.2. The molecule has 0 amide bonds. The fraction of sp³-hybridized carbons (Fsp3) is 0.500. The van der Waals surface area contributed by atoms with Crippen molar-refractivity contribution in [2.75, 3.05) is 14.2 Å². The lowest BCUT2D eigenvalue weighted by Crippen LogP contribution is -1.96. The van der Waals surface area contributed by atoms with Crippen LogP contribution in [0.15, 0.2) is 11.8 Å². The predicted molar refractivity (Wildman–Crippen MR) is 44.1 cm³/mol. The van der Waals surface area contributed by atoms with E-state index in [1.54, 1.807) is 0 Å². The van der Waals surface area contributed by atoms with Crippen LogP contribution in [-0.4, -0.2) is 25.3 Å². The molecule has 0 fully saturated rings. The second kappa shape index (κ2) is 5.01. The highest BCUT2D eigenvalue weighted by Crippen LogP contribution is 2.49. The van der Waals surface area contributed by atoms with Gasteiger partial charge in [-0.3, -0.25) is 9.05 Å². The van der Waals surface area contributed by atoms with E-state index in [1.807, 2.05) is 0 Å². The van der Waals surface area contributed by atoms with Crippen LogP contribution < -0.4 is 0 Å². The van der Waals surface area contributed by atoms with E-state index in [4.69, 9.17) is 5.11 Å². The highest BCUT2D eigenvalue weighted by Gasteiger charge is 2.24. The van der Waals surface area contributed by atoms with Gasteiger partial charge in [0.25, 0.3) is 0 Å². The Hall–Kier alpha value is -0.840. The number of hydrogen-bond donors (Lipinski definition) is 1. The first-order chi connectivity index (χ1) is 5.93. The van der Waals surface area contributed by atoms with Gasteiger partial charge < -0.3 is 9.63 Å². The standard InChI is InChI=1S/C6H11O6P/c1-5(4-6(7)8)12-13(9,10-2)11-3/h4H,1-3H3,(H,7,8)/b5-4-. The number of allylic oxidation sites excluding steroid dienone is 1. The van der Waals surface area contributed by atoms with E-state index in [9.17, 15) is 9.36 Å². The minimum absolute atomic E-state index is 0.0560. The molecule has 0 aliphatic carbocycles. The third-order valence-corrected chi connectivity index (χ3v) is 2.44. The zero-order chi connectivity index (χ0) is 10.5. The molecule has 0 aliphatic rings. The zero-order valence-electron chi connectivity index (χ0n) is 7.51. The van der Waals surface area contributed by atoms with Crippen LogP contribution in [0, 0.1) is 0 Å². The van der Waals surface area contributed by atoms with Crippen LogP contribution in [0.2, 0.25) is 0 Å². The van der Waals surface area contributed by atoms with E-state index in [2.05, 4.69) is 13.6 Å². The molecule has 6 nitrogen and oxygen atoms in total. The van der Waals surface area contributed by atoms with Gasteiger partial charge in [0.1, 0.15) is 5.76 Å². The summed E-state index contributed by atoms with van der Waals surface area (Å²) in [4.78, 5) is 10.1. The van der Waals surface area contributed by atoms with Crippen molar-refractivity contribution in [3.63, 3.8) is 0 Å². The Labute approximate surface area is 75.7 Å². The Morgan fingerprint density at radius 3 is 2.15 bits per heavy atom. The Kier molecular flexibility index (Phi) is 4.69. The van der Waals surface area contributed by atoms with Crippen molar-refractivity contribution in [1.29, 1.82) is 0 Å². The summed E-state index contributed by atoms with van der Waals surface area (Å²) in [5.41, 5.74) is 0. The summed E-state index contributed by atoms with van der Waals surface area (Å²) in [5.74, 6) is -1.25. The molecule has 0 heterocycles. The molecular formula is C6H11O6P. The van der Waals surface area contributed by atoms with Crippen molar-refractivity contribution in [3.05, 3.63) is 11.8 Å². The van der Waals surface area contributed by atoms with E-state index in [0.717, 1.165) is 20.3 Å². The van der Waals surface area contributed by atoms with Gasteiger partial charge in [0.2, 0.25) is 0 Å². The SMILES string of the molecule is COP(=O)(OC)O/C(C)=C\C(=O)O. The van der Waals surface area contributed by atoms with Crippen LogP contribution >= 0.6 is 7.82 Å². The molecule has 0 rings (SSSR count). The molecule has 0 aromatic rings. The lowest BCUT2D eigenvalue weighted by atomic mass is 10.5. The average Bonchev–Trinajstić information content (AvgIpc) is 2.02. The number of phosphoric ester groups is 1. The highest BCUT2D eigenvalue weighted by molar-refractivity contribution is 7.48. The van der Waals surface area contributed by atoms with Gasteiger partial charge in [-0.2, -0.15) is 0 Å². The van der Waals surface area contributed by atoms with Gasteiger partial charge in [0, 0.05) is 14.2 Å². The molecule has 0 saturated carbocycles. The van der Waals surface area contributed by atoms with Crippen molar-refractivity contribution >= 4 is 13.8 Å². The van der Waals surface area contributed by atoms with Gasteiger partial charge >= 0.3 is 13.8 Å². The van der Waals surface area contributed by atoms with Crippen molar-refractivity contribution in [1.82, 2.24) is 0 Å². The largest absolute Gasteiger partial charge is 0.529 e. The second-order valence-electron chi connectivity index (χ2n) is 2.00. The van der Waals surface area contributed by atoms with Crippen molar-refractivity contribution in [3.8, 4) is 0 Å². The average molecular weight is 210 g/mol. The molecular weight excluding hydrogens is 199 g/mol. The molecule has 0 atom stereocenters. The Bertz CT molecular complexity index is 250. The van der Waals surface area contributed by atoms with E-state index < -0.39 is 13.8 Å². The number of carbonyl (C=O) groups is 1. The smallest absolute Gasteiger partial charge is 0.478 e. The molecule has 0 spiro atoms. The van der Waals surface area contributed by atoms with Crippen molar-refractivity contribution < 1.29 is 28.0 Å². The van der Waals surface area contributed by atoms with Crippen LogP contribution in [0.25, 0.3) is 0 Å². The maximum atomic E-state index is 11.2. The molecule has 0 aromatic carbocycles. The number of phosphoric acid groups is 1. The fourth-order valence-corrected chi connectivity index (χ4v) is 1.23. The van der Waals surface area contributed by atoms with Crippen LogP contribution in [0.1, 0.15) is 6.92 Å². The Balaban J connectivity index is 4.42. The van der Waals surface area contributed by atoms with E-state index in [0.29, 0.717) is 0 Å². The van der Waals surface area contributed by atoms with Gasteiger partial charge in [-0.15, -0.1) is 0 Å². The maximum absolute atomic E-state index is 11.2. The normalized spacial score (nSPS) is 12.7. The molecule has 0 saturated heterocycles. The van der Waals surface area contributed by atoms with Gasteiger partial charge in [-0.05, 0) is 6.92 Å². The second-order valence-corrected chi connectivity index (χ2v) is 3.80. The summed E-state index contributed by atoms with van der Waals surface area (Å²) in [6, 6.07) is 0. The molecule has 0 radical (unpaired) electrons. The first kappa shape index (κ1) is 12.2. The summed E-state index contributed by atoms with van der Waals surface area (Å²) in [7, 11) is -1.35. The molecule has 7 heteroatoms. The number of aliphatic carboxylic acids is 1. The number of carboxylic acid groups (broad SMARTS) is 1. The van der Waals surface area contributed by atoms with Gasteiger partial charge in [0.15, 0.2) is 0 Å². The first-order valence-electron chi connectivity index (χ1n) is 3.26. The predicted octanol–water partition coefficient (Wildman–Crippen LogP) is 1.39. The molecule has 0 aromatic heterocycles. The molecule has 76 valence electrons. The van der Waals surface area contributed by atoms with E-state index >= 15 is 0 Å². The lowest BCUT2D eigenvalue weighted by Gasteiger charge is -2.13. The van der Waals surface area contributed by atoms with Crippen LogP contribution in [0.5, 0.6) is 0 Å². The van der Waals surface area contributed by atoms with Crippen LogP contribution in [-0.2, 0) is 22.9 Å². The summed E-state index contributed by atoms with van der Waals surface area (Å²) < 4.78 is 24.7.